The molecule has 2 aliphatic heterocycles. The van der Waals surface area contributed by atoms with Gasteiger partial charge in [0.05, 0.1) is 37.8 Å². The van der Waals surface area contributed by atoms with Crippen LogP contribution in [0.5, 0.6) is 11.5 Å². The molecule has 2 N–H and O–H groups in total. The number of ether oxygens (including phenoxy) is 3. The fraction of sp³-hybridized carbons (Fsp3) is 0.500. The number of hydrogen-bond donors (Lipinski definition) is 2. The SMILES string of the molecule is COC(=O)N[C@H]1CCCC[C@@H]1n1cnc(C(=O)N2CCNC[C@H]2CCOc2ccc3c(c2)OC(C)(C)C3)c1-c1ccccc1. The molecule has 3 aliphatic rings. The highest BCUT2D eigenvalue weighted by Crippen LogP contribution is 2.38. The lowest BCUT2D eigenvalue weighted by Gasteiger charge is -2.36. The van der Waals surface area contributed by atoms with Gasteiger partial charge in [-0.05, 0) is 38.3 Å². The smallest absolute Gasteiger partial charge is 0.407 e. The largest absolute Gasteiger partial charge is 0.493 e. The molecule has 1 aliphatic carbocycles. The Hall–Kier alpha value is -4.05. The number of amides is 2. The van der Waals surface area contributed by atoms with Crippen LogP contribution in [-0.4, -0.2) is 77.5 Å². The number of hydrogen-bond acceptors (Lipinski definition) is 7. The van der Waals surface area contributed by atoms with Crippen molar-refractivity contribution in [1.82, 2.24) is 25.1 Å². The molecule has 1 saturated heterocycles. The van der Waals surface area contributed by atoms with Gasteiger partial charge in [0.15, 0.2) is 5.69 Å². The van der Waals surface area contributed by atoms with E-state index in [1.54, 1.807) is 6.33 Å². The lowest BCUT2D eigenvalue weighted by Crippen LogP contribution is -2.54. The number of nitrogens with one attached hydrogen (secondary N) is 2. The Labute approximate surface area is 259 Å². The maximum absolute atomic E-state index is 14.3. The Bertz CT molecular complexity index is 1470. The minimum Gasteiger partial charge on any atom is -0.493 e. The quantitative estimate of drug-likeness (QED) is 0.375. The Balaban J connectivity index is 1.21. The molecule has 3 atom stereocenters. The Morgan fingerprint density at radius 1 is 1.14 bits per heavy atom. The third-order valence-corrected chi connectivity index (χ3v) is 8.99. The Morgan fingerprint density at radius 2 is 1.95 bits per heavy atom. The molecular weight excluding hydrogens is 558 g/mol. The van der Waals surface area contributed by atoms with Crippen molar-refractivity contribution in [2.75, 3.05) is 33.4 Å². The van der Waals surface area contributed by atoms with Crippen molar-refractivity contribution >= 4 is 12.0 Å². The van der Waals surface area contributed by atoms with E-state index in [-0.39, 0.29) is 29.6 Å². The predicted molar refractivity (Wildman–Crippen MR) is 167 cm³/mol. The van der Waals surface area contributed by atoms with Gasteiger partial charge in [-0.1, -0.05) is 49.2 Å². The van der Waals surface area contributed by atoms with E-state index in [9.17, 15) is 9.59 Å². The van der Waals surface area contributed by atoms with Crippen LogP contribution in [0.1, 0.15) is 68.0 Å². The number of carbonyl (C=O) groups excluding carboxylic acids is 2. The topological polar surface area (TPSA) is 107 Å². The van der Waals surface area contributed by atoms with Crippen LogP contribution in [0.3, 0.4) is 0 Å². The zero-order chi connectivity index (χ0) is 30.7. The van der Waals surface area contributed by atoms with Gasteiger partial charge in [0.25, 0.3) is 5.91 Å². The first-order chi connectivity index (χ1) is 21.3. The molecular formula is C34H43N5O5. The van der Waals surface area contributed by atoms with Crippen molar-refractivity contribution in [2.24, 2.45) is 0 Å². The molecule has 0 bridgehead atoms. The second-order valence-corrected chi connectivity index (χ2v) is 12.6. The van der Waals surface area contributed by atoms with E-state index < -0.39 is 6.09 Å². The number of carbonyl (C=O) groups is 2. The lowest BCUT2D eigenvalue weighted by molar-refractivity contribution is 0.0601. The fourth-order valence-corrected chi connectivity index (χ4v) is 6.87. The summed E-state index contributed by atoms with van der Waals surface area (Å²) in [7, 11) is 1.38. The molecule has 0 unspecified atom stereocenters. The first-order valence-corrected chi connectivity index (χ1v) is 15.8. The summed E-state index contributed by atoms with van der Waals surface area (Å²) in [6.07, 6.45) is 6.66. The highest BCUT2D eigenvalue weighted by Gasteiger charge is 2.35. The van der Waals surface area contributed by atoms with Crippen LogP contribution in [0, 0.1) is 0 Å². The average Bonchev–Trinajstić information content (AvgIpc) is 3.61. The number of alkyl carbamates (subject to hydrolysis) is 1. The van der Waals surface area contributed by atoms with Gasteiger partial charge >= 0.3 is 6.09 Å². The van der Waals surface area contributed by atoms with E-state index in [1.807, 2.05) is 47.4 Å². The van der Waals surface area contributed by atoms with Crippen LogP contribution < -0.4 is 20.1 Å². The van der Waals surface area contributed by atoms with E-state index in [2.05, 4.69) is 35.1 Å². The molecule has 10 nitrogen and oxygen atoms in total. The second-order valence-electron chi connectivity index (χ2n) is 12.6. The maximum atomic E-state index is 14.3. The van der Waals surface area contributed by atoms with Crippen LogP contribution in [0.2, 0.25) is 0 Å². The van der Waals surface area contributed by atoms with Crippen molar-refractivity contribution in [2.45, 2.75) is 76.1 Å². The highest BCUT2D eigenvalue weighted by atomic mass is 16.5. The second kappa shape index (κ2) is 12.9. The van der Waals surface area contributed by atoms with Gasteiger partial charge in [0.1, 0.15) is 17.1 Å². The molecule has 2 amide bonds. The van der Waals surface area contributed by atoms with Gasteiger partial charge in [0.2, 0.25) is 0 Å². The highest BCUT2D eigenvalue weighted by molar-refractivity contribution is 5.98. The Kier molecular flexibility index (Phi) is 8.79. The number of benzene rings is 2. The number of fused-ring (bicyclic) bond motifs is 1. The standard InChI is InChI=1S/C34H43N5O5/c1-34(2)20-24-13-14-26(19-29(24)44-34)43-18-15-25-21-35-16-17-38(25)32(40)30-31(23-9-5-4-6-10-23)39(22-36-30)28-12-8-7-11-27(28)37-33(41)42-3/h4-6,9-10,13-14,19,22,25,27-28,35H,7-8,11-12,15-18,20-21H2,1-3H3,(H,37,41)/t25-,27+,28+/m1/s1. The van der Waals surface area contributed by atoms with E-state index >= 15 is 0 Å². The first kappa shape index (κ1) is 30.0. The number of imidazole rings is 1. The van der Waals surface area contributed by atoms with Gasteiger partial charge in [-0.2, -0.15) is 0 Å². The molecule has 2 fully saturated rings. The molecule has 6 rings (SSSR count). The normalized spacial score (nSPS) is 22.5. The molecule has 234 valence electrons. The first-order valence-electron chi connectivity index (χ1n) is 15.8. The zero-order valence-electron chi connectivity index (χ0n) is 25.9. The maximum Gasteiger partial charge on any atom is 0.407 e. The zero-order valence-corrected chi connectivity index (χ0v) is 25.9. The van der Waals surface area contributed by atoms with Gasteiger partial charge in [-0.3, -0.25) is 4.79 Å². The van der Waals surface area contributed by atoms with E-state index in [0.29, 0.717) is 31.8 Å². The summed E-state index contributed by atoms with van der Waals surface area (Å²) in [5.74, 6) is 1.57. The van der Waals surface area contributed by atoms with Crippen molar-refractivity contribution in [3.8, 4) is 22.8 Å². The van der Waals surface area contributed by atoms with Gasteiger partial charge in [0, 0.05) is 50.1 Å². The number of rotatable bonds is 8. The van der Waals surface area contributed by atoms with Crippen molar-refractivity contribution < 1.29 is 23.8 Å². The number of aromatic nitrogens is 2. The van der Waals surface area contributed by atoms with E-state index in [0.717, 1.165) is 61.4 Å². The van der Waals surface area contributed by atoms with Crippen LogP contribution in [0.25, 0.3) is 11.3 Å². The fourth-order valence-electron chi connectivity index (χ4n) is 6.87. The molecule has 2 aromatic carbocycles. The molecule has 0 radical (unpaired) electrons. The summed E-state index contributed by atoms with van der Waals surface area (Å²) in [6, 6.07) is 15.8. The molecule has 44 heavy (non-hydrogen) atoms. The molecule has 3 heterocycles. The van der Waals surface area contributed by atoms with Crippen molar-refractivity contribution in [3.05, 3.63) is 66.1 Å². The third kappa shape index (κ3) is 6.40. The molecule has 3 aromatic rings. The molecule has 1 aromatic heterocycles. The number of nitrogens with zero attached hydrogens (tertiary/aromatic N) is 3. The van der Waals surface area contributed by atoms with Crippen LogP contribution in [0.15, 0.2) is 54.9 Å². The monoisotopic (exact) mass is 601 g/mol. The summed E-state index contributed by atoms with van der Waals surface area (Å²) < 4.78 is 19.2. The molecule has 0 spiro atoms. The van der Waals surface area contributed by atoms with Crippen LogP contribution in [0.4, 0.5) is 4.79 Å². The summed E-state index contributed by atoms with van der Waals surface area (Å²) >= 11 is 0. The minimum atomic E-state index is -0.443. The third-order valence-electron chi connectivity index (χ3n) is 8.99. The van der Waals surface area contributed by atoms with Gasteiger partial charge in [-0.15, -0.1) is 0 Å². The van der Waals surface area contributed by atoms with Crippen molar-refractivity contribution in [1.29, 1.82) is 0 Å². The number of methoxy groups -OCH3 is 1. The summed E-state index contributed by atoms with van der Waals surface area (Å²) in [5.41, 5.74) is 3.15. The summed E-state index contributed by atoms with van der Waals surface area (Å²) in [6.45, 7) is 6.65. The van der Waals surface area contributed by atoms with Crippen LogP contribution >= 0.6 is 0 Å². The van der Waals surface area contributed by atoms with Gasteiger partial charge in [-0.25, -0.2) is 9.78 Å². The molecule has 1 saturated carbocycles. The predicted octanol–water partition coefficient (Wildman–Crippen LogP) is 4.99. The van der Waals surface area contributed by atoms with E-state index in [1.165, 1.54) is 12.7 Å². The lowest BCUT2D eigenvalue weighted by atomic mass is 9.89. The average molecular weight is 602 g/mol. The summed E-state index contributed by atoms with van der Waals surface area (Å²) in [4.78, 5) is 33.2. The summed E-state index contributed by atoms with van der Waals surface area (Å²) in [5, 5.41) is 6.47. The van der Waals surface area contributed by atoms with Crippen molar-refractivity contribution in [3.63, 3.8) is 0 Å². The van der Waals surface area contributed by atoms with E-state index in [4.69, 9.17) is 19.2 Å². The number of piperazine rings is 1. The Morgan fingerprint density at radius 3 is 2.77 bits per heavy atom. The van der Waals surface area contributed by atoms with Gasteiger partial charge < -0.3 is 34.3 Å². The van der Waals surface area contributed by atoms with Crippen LogP contribution in [-0.2, 0) is 11.2 Å². The molecule has 10 heteroatoms. The minimum absolute atomic E-state index is 0.0406.